The van der Waals surface area contributed by atoms with Crippen LogP contribution in [0.15, 0.2) is 48.6 Å². The zero-order valence-corrected chi connectivity index (χ0v) is 20.1. The van der Waals surface area contributed by atoms with Gasteiger partial charge in [-0.25, -0.2) is 4.79 Å². The fourth-order valence-electron chi connectivity index (χ4n) is 3.82. The number of benzene rings is 1. The fraction of sp³-hybridized carbons (Fsp3) is 0.571. The number of rotatable bonds is 15. The molecule has 0 saturated carbocycles. The number of esters is 1. The lowest BCUT2D eigenvalue weighted by Gasteiger charge is -2.31. The van der Waals surface area contributed by atoms with E-state index in [0.29, 0.717) is 19.4 Å². The van der Waals surface area contributed by atoms with Gasteiger partial charge < -0.3 is 9.47 Å². The van der Waals surface area contributed by atoms with Crippen LogP contribution in [-0.4, -0.2) is 30.1 Å². The Balaban J connectivity index is 2.04. The highest BCUT2D eigenvalue weighted by molar-refractivity contribution is 5.90. The SMILES string of the molecule is CCCCCCCOC1(C(=O)OC(C)C(=O)CCCCC)C=CC(c2ccccc2)=CC1. The summed E-state index contributed by atoms with van der Waals surface area (Å²) in [6.45, 7) is 6.46. The lowest BCUT2D eigenvalue weighted by atomic mass is 9.89. The highest BCUT2D eigenvalue weighted by Crippen LogP contribution is 2.31. The number of carbonyl (C=O) groups excluding carboxylic acids is 2. The minimum absolute atomic E-state index is 0.0261. The maximum absolute atomic E-state index is 13.2. The van der Waals surface area contributed by atoms with Crippen LogP contribution >= 0.6 is 0 Å². The van der Waals surface area contributed by atoms with Crippen molar-refractivity contribution in [3.05, 3.63) is 54.1 Å². The van der Waals surface area contributed by atoms with E-state index in [9.17, 15) is 9.59 Å². The lowest BCUT2D eigenvalue weighted by molar-refractivity contribution is -0.173. The highest BCUT2D eigenvalue weighted by Gasteiger charge is 2.41. The Labute approximate surface area is 194 Å². The molecule has 32 heavy (non-hydrogen) atoms. The van der Waals surface area contributed by atoms with Crippen molar-refractivity contribution in [2.24, 2.45) is 0 Å². The maximum atomic E-state index is 13.2. The van der Waals surface area contributed by atoms with E-state index in [2.05, 4.69) is 13.8 Å². The first-order valence-corrected chi connectivity index (χ1v) is 12.3. The number of ether oxygens (including phenoxy) is 2. The number of unbranched alkanes of at least 4 members (excludes halogenated alkanes) is 6. The van der Waals surface area contributed by atoms with Crippen molar-refractivity contribution >= 4 is 17.3 Å². The highest BCUT2D eigenvalue weighted by atomic mass is 16.6. The molecule has 176 valence electrons. The minimum Gasteiger partial charge on any atom is -0.452 e. The Morgan fingerprint density at radius 1 is 0.969 bits per heavy atom. The Morgan fingerprint density at radius 3 is 2.31 bits per heavy atom. The molecule has 0 fully saturated rings. The average molecular weight is 441 g/mol. The monoisotopic (exact) mass is 440 g/mol. The van der Waals surface area contributed by atoms with Crippen LogP contribution in [-0.2, 0) is 19.1 Å². The zero-order valence-electron chi connectivity index (χ0n) is 20.1. The van der Waals surface area contributed by atoms with E-state index >= 15 is 0 Å². The summed E-state index contributed by atoms with van der Waals surface area (Å²) in [5.41, 5.74) is 0.995. The van der Waals surface area contributed by atoms with Crippen LogP contribution in [0.25, 0.3) is 5.57 Å². The molecule has 2 unspecified atom stereocenters. The van der Waals surface area contributed by atoms with Gasteiger partial charge in [-0.05, 0) is 37.0 Å². The van der Waals surface area contributed by atoms with Crippen molar-refractivity contribution in [1.82, 2.24) is 0 Å². The molecular weight excluding hydrogens is 400 g/mol. The van der Waals surface area contributed by atoms with Crippen LogP contribution in [0.1, 0.15) is 90.5 Å². The third-order valence-electron chi connectivity index (χ3n) is 5.98. The quantitative estimate of drug-likeness (QED) is 0.221. The summed E-state index contributed by atoms with van der Waals surface area (Å²) in [6.07, 6.45) is 14.3. The molecule has 1 aliphatic rings. The standard InChI is InChI=1S/C28H40O4/c1-4-6-8-9-14-22-31-28(27(30)32-23(3)26(29)17-11-7-5-2)20-18-25(19-21-28)24-15-12-10-13-16-24/h10,12-13,15-16,18-20,23H,4-9,11,14,17,21-22H2,1-3H3. The van der Waals surface area contributed by atoms with Gasteiger partial charge in [0.2, 0.25) is 0 Å². The molecule has 0 spiro atoms. The second-order valence-corrected chi connectivity index (χ2v) is 8.69. The van der Waals surface area contributed by atoms with Gasteiger partial charge in [-0.2, -0.15) is 0 Å². The van der Waals surface area contributed by atoms with E-state index < -0.39 is 17.7 Å². The number of allylic oxidation sites excluding steroid dienone is 2. The van der Waals surface area contributed by atoms with Crippen molar-refractivity contribution < 1.29 is 19.1 Å². The summed E-state index contributed by atoms with van der Waals surface area (Å²) in [7, 11) is 0. The summed E-state index contributed by atoms with van der Waals surface area (Å²) in [5, 5.41) is 0. The molecule has 0 aromatic heterocycles. The van der Waals surface area contributed by atoms with Gasteiger partial charge in [-0.15, -0.1) is 0 Å². The molecule has 4 heteroatoms. The third-order valence-corrected chi connectivity index (χ3v) is 5.98. The molecule has 0 saturated heterocycles. The van der Waals surface area contributed by atoms with Gasteiger partial charge >= 0.3 is 5.97 Å². The smallest absolute Gasteiger partial charge is 0.343 e. The molecular formula is C28H40O4. The maximum Gasteiger partial charge on any atom is 0.343 e. The predicted octanol–water partition coefficient (Wildman–Crippen LogP) is 6.84. The molecule has 0 amide bonds. The van der Waals surface area contributed by atoms with Gasteiger partial charge in [-0.1, -0.05) is 94.9 Å². The lowest BCUT2D eigenvalue weighted by Crippen LogP contribution is -2.44. The van der Waals surface area contributed by atoms with Crippen LogP contribution in [0.4, 0.5) is 0 Å². The molecule has 2 atom stereocenters. The van der Waals surface area contributed by atoms with Crippen molar-refractivity contribution in [2.45, 2.75) is 96.7 Å². The summed E-state index contributed by atoms with van der Waals surface area (Å²) in [4.78, 5) is 25.6. The molecule has 0 aliphatic heterocycles. The number of ketones is 1. The Morgan fingerprint density at radius 2 is 1.66 bits per heavy atom. The van der Waals surface area contributed by atoms with E-state index in [-0.39, 0.29) is 5.78 Å². The molecule has 1 aliphatic carbocycles. The molecule has 1 aromatic carbocycles. The van der Waals surface area contributed by atoms with Crippen molar-refractivity contribution in [3.8, 4) is 0 Å². The average Bonchev–Trinajstić information content (AvgIpc) is 2.82. The second kappa shape index (κ2) is 14.1. The molecule has 0 radical (unpaired) electrons. The molecule has 2 rings (SSSR count). The van der Waals surface area contributed by atoms with E-state index in [4.69, 9.17) is 9.47 Å². The minimum atomic E-state index is -1.17. The molecule has 0 heterocycles. The van der Waals surface area contributed by atoms with Crippen molar-refractivity contribution in [1.29, 1.82) is 0 Å². The van der Waals surface area contributed by atoms with E-state index in [0.717, 1.165) is 43.2 Å². The summed E-state index contributed by atoms with van der Waals surface area (Å²) >= 11 is 0. The predicted molar refractivity (Wildman–Crippen MR) is 130 cm³/mol. The van der Waals surface area contributed by atoms with Gasteiger partial charge in [0.25, 0.3) is 0 Å². The summed E-state index contributed by atoms with van der Waals surface area (Å²) < 4.78 is 11.8. The van der Waals surface area contributed by atoms with Crippen LogP contribution < -0.4 is 0 Å². The van der Waals surface area contributed by atoms with Gasteiger partial charge in [0, 0.05) is 19.4 Å². The van der Waals surface area contributed by atoms with Crippen LogP contribution in [0, 0.1) is 0 Å². The van der Waals surface area contributed by atoms with E-state index in [1.54, 1.807) is 6.92 Å². The first kappa shape index (κ1) is 26.1. The number of hydrogen-bond donors (Lipinski definition) is 0. The summed E-state index contributed by atoms with van der Waals surface area (Å²) in [6, 6.07) is 10.1. The third kappa shape index (κ3) is 8.05. The largest absolute Gasteiger partial charge is 0.452 e. The topological polar surface area (TPSA) is 52.6 Å². The Kier molecular flexibility index (Phi) is 11.4. The van der Waals surface area contributed by atoms with E-state index in [1.165, 1.54) is 19.3 Å². The fourth-order valence-corrected chi connectivity index (χ4v) is 3.82. The van der Waals surface area contributed by atoms with E-state index in [1.807, 2.05) is 48.6 Å². The van der Waals surface area contributed by atoms with Crippen LogP contribution in [0.2, 0.25) is 0 Å². The first-order valence-electron chi connectivity index (χ1n) is 12.3. The molecule has 1 aromatic rings. The molecule has 0 N–H and O–H groups in total. The molecule has 4 nitrogen and oxygen atoms in total. The first-order chi connectivity index (χ1) is 15.5. The summed E-state index contributed by atoms with van der Waals surface area (Å²) in [5.74, 6) is -0.496. The number of hydrogen-bond acceptors (Lipinski definition) is 4. The Hall–Kier alpha value is -2.20. The number of Topliss-reactive ketones (excluding diaryl/α,β-unsaturated/α-hetero) is 1. The van der Waals surface area contributed by atoms with Crippen molar-refractivity contribution in [3.63, 3.8) is 0 Å². The normalized spacial score (nSPS) is 18.8. The van der Waals surface area contributed by atoms with Crippen molar-refractivity contribution in [2.75, 3.05) is 6.61 Å². The molecule has 0 bridgehead atoms. The Bertz CT molecular complexity index is 765. The van der Waals surface area contributed by atoms with Gasteiger partial charge in [0.15, 0.2) is 17.5 Å². The van der Waals surface area contributed by atoms with Crippen LogP contribution in [0.3, 0.4) is 0 Å². The van der Waals surface area contributed by atoms with Gasteiger partial charge in [0.05, 0.1) is 0 Å². The zero-order chi connectivity index (χ0) is 23.2. The second-order valence-electron chi connectivity index (χ2n) is 8.69. The van der Waals surface area contributed by atoms with Gasteiger partial charge in [-0.3, -0.25) is 4.79 Å². The number of carbonyl (C=O) groups is 2. The van der Waals surface area contributed by atoms with Crippen LogP contribution in [0.5, 0.6) is 0 Å². The van der Waals surface area contributed by atoms with Gasteiger partial charge in [0.1, 0.15) is 0 Å².